The van der Waals surface area contributed by atoms with Crippen LogP contribution in [0.15, 0.2) is 43.0 Å². The average Bonchev–Trinajstić information content (AvgIpc) is 3.26. The van der Waals surface area contributed by atoms with Crippen LogP contribution in [-0.4, -0.2) is 58.3 Å². The summed E-state index contributed by atoms with van der Waals surface area (Å²) in [6, 6.07) is 9.26. The molecule has 1 saturated heterocycles. The highest BCUT2D eigenvalue weighted by Crippen LogP contribution is 2.37. The number of nitrogen functional groups attached to an aromatic ring is 1. The number of ether oxygens (including phenoxy) is 1. The first-order valence-electron chi connectivity index (χ1n) is 8.71. The number of hydrogen-bond donors (Lipinski definition) is 3. The topological polar surface area (TPSA) is 162 Å². The van der Waals surface area contributed by atoms with Gasteiger partial charge in [-0.1, -0.05) is 42.1 Å². The Morgan fingerprint density at radius 1 is 1.24 bits per heavy atom. The van der Waals surface area contributed by atoms with Crippen molar-refractivity contribution in [3.8, 4) is 0 Å². The van der Waals surface area contributed by atoms with Crippen molar-refractivity contribution < 1.29 is 19.9 Å². The Hall–Kier alpha value is -2.80. The van der Waals surface area contributed by atoms with E-state index < -0.39 is 34.8 Å². The molecular formula is C17H18N6O5S. The Bertz CT molecular complexity index is 1020. The lowest BCUT2D eigenvalue weighted by molar-refractivity contribution is -0.509. The highest BCUT2D eigenvalue weighted by Gasteiger charge is 2.52. The fourth-order valence-corrected chi connectivity index (χ4v) is 4.33. The summed E-state index contributed by atoms with van der Waals surface area (Å²) >= 11 is 1.03. The number of aromatic nitrogens is 4. The number of nitrogens with zero attached hydrogens (tertiary/aromatic N) is 5. The second-order valence-electron chi connectivity index (χ2n) is 6.53. The lowest BCUT2D eigenvalue weighted by Crippen LogP contribution is -2.41. The fraction of sp³-hybridized carbons (Fsp3) is 0.353. The summed E-state index contributed by atoms with van der Waals surface area (Å²) in [6.07, 6.45) is -2.62. The van der Waals surface area contributed by atoms with E-state index in [2.05, 4.69) is 15.0 Å². The van der Waals surface area contributed by atoms with Gasteiger partial charge in [-0.05, 0) is 5.56 Å². The smallest absolute Gasteiger partial charge is 0.287 e. The van der Waals surface area contributed by atoms with Crippen molar-refractivity contribution in [2.75, 3.05) is 5.73 Å². The number of anilines is 1. The van der Waals surface area contributed by atoms with E-state index in [-0.39, 0.29) is 5.82 Å². The first kappa shape index (κ1) is 19.5. The van der Waals surface area contributed by atoms with Gasteiger partial charge >= 0.3 is 0 Å². The molecule has 5 atom stereocenters. The van der Waals surface area contributed by atoms with Crippen molar-refractivity contribution in [3.63, 3.8) is 0 Å². The lowest BCUT2D eigenvalue weighted by Gasteiger charge is -2.18. The molecule has 0 aliphatic carbocycles. The van der Waals surface area contributed by atoms with Crippen molar-refractivity contribution in [2.45, 2.75) is 35.7 Å². The molecule has 11 nitrogen and oxygen atoms in total. The standard InChI is InChI=1S/C17H18N6O5S/c18-14-10-15(20-7-19-14)22(8-21-10)16-12(25)11(24)13(28-16)17(23(26)27)29-6-9-4-2-1-3-5-9/h1-5,7-8,11-13,16-17,24-25H,6H2,(H2,18,19,20)/t11-,12+,13-,16+,17?/m0/s1. The van der Waals surface area contributed by atoms with Gasteiger partial charge in [0.05, 0.1) is 6.33 Å². The van der Waals surface area contributed by atoms with Crippen LogP contribution in [0.4, 0.5) is 5.82 Å². The predicted octanol–water partition coefficient (Wildman–Crippen LogP) is 0.564. The molecule has 1 fully saturated rings. The quantitative estimate of drug-likeness (QED) is 0.293. The summed E-state index contributed by atoms with van der Waals surface area (Å²) in [5.74, 6) is 0.511. The molecule has 3 heterocycles. The van der Waals surface area contributed by atoms with Gasteiger partial charge in [0.1, 0.15) is 24.1 Å². The first-order chi connectivity index (χ1) is 14.0. The van der Waals surface area contributed by atoms with Crippen molar-refractivity contribution in [3.05, 3.63) is 58.7 Å². The van der Waals surface area contributed by atoms with Gasteiger partial charge in [0.2, 0.25) is 0 Å². The van der Waals surface area contributed by atoms with Crippen LogP contribution in [0.5, 0.6) is 0 Å². The van der Waals surface area contributed by atoms with E-state index in [9.17, 15) is 20.3 Å². The Morgan fingerprint density at radius 2 is 2.00 bits per heavy atom. The van der Waals surface area contributed by atoms with Crippen LogP contribution in [0.2, 0.25) is 0 Å². The molecule has 0 amide bonds. The summed E-state index contributed by atoms with van der Waals surface area (Å²) in [4.78, 5) is 23.2. The molecule has 1 aromatic carbocycles. The number of thioether (sulfide) groups is 1. The number of rotatable bonds is 6. The zero-order valence-electron chi connectivity index (χ0n) is 15.0. The number of nitrogens with two attached hydrogens (primary N) is 1. The maximum absolute atomic E-state index is 11.7. The molecule has 3 aromatic rings. The van der Waals surface area contributed by atoms with E-state index in [4.69, 9.17) is 10.5 Å². The average molecular weight is 418 g/mol. The van der Waals surface area contributed by atoms with Crippen molar-refractivity contribution in [1.82, 2.24) is 19.5 Å². The van der Waals surface area contributed by atoms with Gasteiger partial charge in [0.25, 0.3) is 5.37 Å². The number of aliphatic hydroxyl groups is 2. The summed E-state index contributed by atoms with van der Waals surface area (Å²) in [5.41, 5.74) is 7.28. The third-order valence-electron chi connectivity index (χ3n) is 4.69. The van der Waals surface area contributed by atoms with Crippen molar-refractivity contribution >= 4 is 28.7 Å². The molecule has 12 heteroatoms. The van der Waals surface area contributed by atoms with Crippen LogP contribution in [0, 0.1) is 10.1 Å². The number of aliphatic hydroxyl groups excluding tert-OH is 2. The second-order valence-corrected chi connectivity index (χ2v) is 7.63. The summed E-state index contributed by atoms with van der Waals surface area (Å²) < 4.78 is 7.14. The van der Waals surface area contributed by atoms with Crippen molar-refractivity contribution in [1.29, 1.82) is 0 Å². The highest BCUT2D eigenvalue weighted by molar-refractivity contribution is 7.99. The van der Waals surface area contributed by atoms with Crippen LogP contribution in [0.1, 0.15) is 11.8 Å². The zero-order chi connectivity index (χ0) is 20.5. The molecule has 29 heavy (non-hydrogen) atoms. The molecule has 1 aliphatic heterocycles. The molecule has 1 unspecified atom stereocenters. The maximum atomic E-state index is 11.7. The van der Waals surface area contributed by atoms with Crippen LogP contribution in [0.3, 0.4) is 0 Å². The predicted molar refractivity (Wildman–Crippen MR) is 104 cm³/mol. The SMILES string of the molecule is Nc1ncnc2c1ncn2[C@@H]1O[C@H](C(SCc2ccccc2)[N+](=O)[O-])[C@@H](O)[C@H]1O. The number of benzene rings is 1. The lowest BCUT2D eigenvalue weighted by atomic mass is 10.1. The Labute approximate surface area is 168 Å². The number of fused-ring (bicyclic) bond motifs is 1. The van der Waals surface area contributed by atoms with Gasteiger partial charge in [0.15, 0.2) is 23.8 Å². The van der Waals surface area contributed by atoms with E-state index >= 15 is 0 Å². The summed E-state index contributed by atoms with van der Waals surface area (Å²) in [7, 11) is 0. The van der Waals surface area contributed by atoms with E-state index in [1.807, 2.05) is 30.3 Å². The highest BCUT2D eigenvalue weighted by atomic mass is 32.2. The normalized spacial score (nSPS) is 25.3. The molecule has 4 N–H and O–H groups in total. The number of hydrogen-bond acceptors (Lipinski definition) is 10. The molecule has 0 spiro atoms. The maximum Gasteiger partial charge on any atom is 0.287 e. The van der Waals surface area contributed by atoms with Gasteiger partial charge in [-0.2, -0.15) is 0 Å². The molecule has 1 aliphatic rings. The molecule has 4 rings (SSSR count). The van der Waals surface area contributed by atoms with E-state index in [0.717, 1.165) is 17.3 Å². The van der Waals surface area contributed by atoms with Gasteiger partial charge in [-0.15, -0.1) is 0 Å². The minimum atomic E-state index is -1.46. The minimum absolute atomic E-state index is 0.153. The van der Waals surface area contributed by atoms with E-state index in [1.54, 1.807) is 0 Å². The first-order valence-corrected chi connectivity index (χ1v) is 9.76. The van der Waals surface area contributed by atoms with E-state index in [0.29, 0.717) is 16.9 Å². The second kappa shape index (κ2) is 7.91. The molecule has 152 valence electrons. The van der Waals surface area contributed by atoms with Crippen LogP contribution in [0.25, 0.3) is 11.2 Å². The number of nitro groups is 1. The van der Waals surface area contributed by atoms with E-state index in [1.165, 1.54) is 17.2 Å². The van der Waals surface area contributed by atoms with Crippen LogP contribution in [-0.2, 0) is 10.5 Å². The Balaban J connectivity index is 1.57. The molecule has 2 aromatic heterocycles. The number of imidazole rings is 1. The molecular weight excluding hydrogens is 400 g/mol. The van der Waals surface area contributed by atoms with Gasteiger partial charge in [-0.3, -0.25) is 14.7 Å². The Kier molecular flexibility index (Phi) is 5.32. The monoisotopic (exact) mass is 418 g/mol. The third kappa shape index (κ3) is 3.62. The van der Waals surface area contributed by atoms with Gasteiger partial charge < -0.3 is 20.7 Å². The van der Waals surface area contributed by atoms with Crippen LogP contribution >= 0.6 is 11.8 Å². The van der Waals surface area contributed by atoms with Gasteiger partial charge in [-0.25, -0.2) is 15.0 Å². The largest absolute Gasteiger partial charge is 0.387 e. The fourth-order valence-electron chi connectivity index (χ4n) is 3.24. The minimum Gasteiger partial charge on any atom is -0.387 e. The molecule has 0 bridgehead atoms. The van der Waals surface area contributed by atoms with Gasteiger partial charge in [0, 0.05) is 10.7 Å². The zero-order valence-corrected chi connectivity index (χ0v) is 15.8. The molecule has 0 saturated carbocycles. The van der Waals surface area contributed by atoms with Crippen molar-refractivity contribution in [2.24, 2.45) is 0 Å². The summed E-state index contributed by atoms with van der Waals surface area (Å²) in [6.45, 7) is 0. The molecule has 0 radical (unpaired) electrons. The third-order valence-corrected chi connectivity index (χ3v) is 5.97. The summed E-state index contributed by atoms with van der Waals surface area (Å²) in [5, 5.41) is 31.4. The van der Waals surface area contributed by atoms with Crippen LogP contribution < -0.4 is 5.73 Å². The Morgan fingerprint density at radius 3 is 2.72 bits per heavy atom.